The zero-order valence-electron chi connectivity index (χ0n) is 11.8. The van der Waals surface area contributed by atoms with Gasteiger partial charge in [-0.05, 0) is 48.1 Å². The van der Waals surface area contributed by atoms with Crippen LogP contribution in [0.3, 0.4) is 0 Å². The fourth-order valence-corrected chi connectivity index (χ4v) is 2.42. The molecule has 104 valence electrons. The van der Waals surface area contributed by atoms with E-state index in [0.29, 0.717) is 6.42 Å². The maximum atomic E-state index is 10.8. The van der Waals surface area contributed by atoms with E-state index in [1.54, 1.807) is 0 Å². The van der Waals surface area contributed by atoms with E-state index in [2.05, 4.69) is 32.0 Å². The maximum Gasteiger partial charge on any atom is 0.320 e. The molecule has 0 aliphatic rings. The molecule has 0 aliphatic heterocycles. The molecule has 0 saturated carbocycles. The Bertz CT molecular complexity index is 597. The summed E-state index contributed by atoms with van der Waals surface area (Å²) in [6.45, 7) is 4.19. The number of aryl methyl sites for hydroxylation is 2. The number of carboxylic acid groups (broad SMARTS) is 1. The Morgan fingerprint density at radius 2 is 1.65 bits per heavy atom. The minimum absolute atomic E-state index is 0.350. The van der Waals surface area contributed by atoms with Crippen LogP contribution in [0.15, 0.2) is 42.5 Å². The van der Waals surface area contributed by atoms with Crippen molar-refractivity contribution in [2.45, 2.75) is 26.3 Å². The lowest BCUT2D eigenvalue weighted by Gasteiger charge is -2.11. The van der Waals surface area contributed by atoms with Crippen LogP contribution in [0.2, 0.25) is 0 Å². The summed E-state index contributed by atoms with van der Waals surface area (Å²) in [7, 11) is 0. The number of hydrogen-bond acceptors (Lipinski definition) is 2. The van der Waals surface area contributed by atoms with Crippen LogP contribution in [-0.4, -0.2) is 17.1 Å². The highest BCUT2D eigenvalue weighted by Gasteiger charge is 2.12. The Kier molecular flexibility index (Phi) is 4.20. The summed E-state index contributed by atoms with van der Waals surface area (Å²) in [5.41, 5.74) is 11.3. The summed E-state index contributed by atoms with van der Waals surface area (Å²) in [6.07, 6.45) is 0.350. The number of benzene rings is 2. The van der Waals surface area contributed by atoms with E-state index in [4.69, 9.17) is 10.8 Å². The molecule has 0 aliphatic carbocycles. The van der Waals surface area contributed by atoms with Crippen LogP contribution in [0.4, 0.5) is 0 Å². The third-order valence-corrected chi connectivity index (χ3v) is 3.50. The first-order valence-corrected chi connectivity index (χ1v) is 6.63. The van der Waals surface area contributed by atoms with Crippen molar-refractivity contribution in [3.63, 3.8) is 0 Å². The van der Waals surface area contributed by atoms with E-state index in [9.17, 15) is 4.79 Å². The molecule has 2 rings (SSSR count). The fourth-order valence-electron chi connectivity index (χ4n) is 2.42. The zero-order chi connectivity index (χ0) is 14.7. The average Bonchev–Trinajstić information content (AvgIpc) is 2.40. The minimum Gasteiger partial charge on any atom is -0.480 e. The van der Waals surface area contributed by atoms with Crippen molar-refractivity contribution in [1.82, 2.24) is 0 Å². The van der Waals surface area contributed by atoms with Crippen molar-refractivity contribution in [2.24, 2.45) is 5.73 Å². The van der Waals surface area contributed by atoms with Crippen LogP contribution in [0.1, 0.15) is 16.7 Å². The topological polar surface area (TPSA) is 63.3 Å². The third kappa shape index (κ3) is 3.06. The Morgan fingerprint density at radius 1 is 1.10 bits per heavy atom. The van der Waals surface area contributed by atoms with E-state index in [-0.39, 0.29) is 0 Å². The standard InChI is InChI=1S/C17H19NO2/c1-11-4-3-5-12(2)16(11)14-8-6-13(7-9-14)10-15(18)17(19)20/h3-9,15H,10,18H2,1-2H3,(H,19,20). The summed E-state index contributed by atoms with van der Waals surface area (Å²) in [5.74, 6) is -0.969. The van der Waals surface area contributed by atoms with Gasteiger partial charge in [0.1, 0.15) is 6.04 Å². The molecule has 20 heavy (non-hydrogen) atoms. The molecule has 0 saturated heterocycles. The molecule has 0 aromatic heterocycles. The van der Waals surface area contributed by atoms with Crippen molar-refractivity contribution >= 4 is 5.97 Å². The van der Waals surface area contributed by atoms with E-state index in [1.807, 2.05) is 24.3 Å². The van der Waals surface area contributed by atoms with Gasteiger partial charge < -0.3 is 10.8 Å². The van der Waals surface area contributed by atoms with Gasteiger partial charge in [-0.1, -0.05) is 42.5 Å². The number of nitrogens with two attached hydrogens (primary N) is 1. The van der Waals surface area contributed by atoms with Gasteiger partial charge in [-0.15, -0.1) is 0 Å². The summed E-state index contributed by atoms with van der Waals surface area (Å²) in [4.78, 5) is 10.8. The molecule has 1 unspecified atom stereocenters. The van der Waals surface area contributed by atoms with Gasteiger partial charge in [0, 0.05) is 0 Å². The molecule has 3 nitrogen and oxygen atoms in total. The number of hydrogen-bond donors (Lipinski definition) is 2. The van der Waals surface area contributed by atoms with E-state index >= 15 is 0 Å². The first kappa shape index (κ1) is 14.3. The number of carbonyl (C=O) groups is 1. The molecule has 2 aromatic carbocycles. The normalized spacial score (nSPS) is 12.2. The molecule has 1 atom stereocenters. The number of carboxylic acids is 1. The first-order valence-electron chi connectivity index (χ1n) is 6.63. The second-order valence-electron chi connectivity index (χ2n) is 5.11. The van der Waals surface area contributed by atoms with Gasteiger partial charge in [-0.3, -0.25) is 4.79 Å². The summed E-state index contributed by atoms with van der Waals surface area (Å²) < 4.78 is 0. The molecule has 2 aromatic rings. The molecular weight excluding hydrogens is 250 g/mol. The van der Waals surface area contributed by atoms with Crippen LogP contribution >= 0.6 is 0 Å². The van der Waals surface area contributed by atoms with Crippen molar-refractivity contribution in [2.75, 3.05) is 0 Å². The van der Waals surface area contributed by atoms with Crippen molar-refractivity contribution in [3.8, 4) is 11.1 Å². The van der Waals surface area contributed by atoms with Gasteiger partial charge in [0.25, 0.3) is 0 Å². The molecule has 0 spiro atoms. The Balaban J connectivity index is 2.27. The van der Waals surface area contributed by atoms with Crippen LogP contribution in [0.25, 0.3) is 11.1 Å². The van der Waals surface area contributed by atoms with Crippen molar-refractivity contribution < 1.29 is 9.90 Å². The van der Waals surface area contributed by atoms with Gasteiger partial charge in [0.15, 0.2) is 0 Å². The summed E-state index contributed by atoms with van der Waals surface area (Å²) >= 11 is 0. The highest BCUT2D eigenvalue weighted by Crippen LogP contribution is 2.27. The van der Waals surface area contributed by atoms with Crippen LogP contribution < -0.4 is 5.73 Å². The molecule has 3 heteroatoms. The van der Waals surface area contributed by atoms with Crippen LogP contribution in [0.5, 0.6) is 0 Å². The van der Waals surface area contributed by atoms with Gasteiger partial charge in [-0.25, -0.2) is 0 Å². The van der Waals surface area contributed by atoms with Gasteiger partial charge in [-0.2, -0.15) is 0 Å². The second kappa shape index (κ2) is 5.88. The SMILES string of the molecule is Cc1cccc(C)c1-c1ccc(CC(N)C(=O)O)cc1. The lowest BCUT2D eigenvalue weighted by Crippen LogP contribution is -2.32. The van der Waals surface area contributed by atoms with Crippen LogP contribution in [-0.2, 0) is 11.2 Å². The lowest BCUT2D eigenvalue weighted by atomic mass is 9.94. The second-order valence-corrected chi connectivity index (χ2v) is 5.11. The predicted octanol–water partition coefficient (Wildman–Crippen LogP) is 2.92. The molecule has 0 amide bonds. The Morgan fingerprint density at radius 3 is 2.15 bits per heavy atom. The fraction of sp³-hybridized carbons (Fsp3) is 0.235. The van der Waals surface area contributed by atoms with E-state index in [1.165, 1.54) is 16.7 Å². The average molecular weight is 269 g/mol. The predicted molar refractivity (Wildman–Crippen MR) is 80.7 cm³/mol. The van der Waals surface area contributed by atoms with Crippen LogP contribution in [0, 0.1) is 13.8 Å². The molecule has 0 heterocycles. The van der Waals surface area contributed by atoms with E-state index < -0.39 is 12.0 Å². The van der Waals surface area contributed by atoms with Gasteiger partial charge >= 0.3 is 5.97 Å². The monoisotopic (exact) mass is 269 g/mol. The van der Waals surface area contributed by atoms with Crippen molar-refractivity contribution in [3.05, 3.63) is 59.2 Å². The van der Waals surface area contributed by atoms with Gasteiger partial charge in [0.05, 0.1) is 0 Å². The molecule has 3 N–H and O–H groups in total. The quantitative estimate of drug-likeness (QED) is 0.897. The minimum atomic E-state index is -0.969. The Labute approximate surface area is 119 Å². The number of aliphatic carboxylic acids is 1. The third-order valence-electron chi connectivity index (χ3n) is 3.50. The van der Waals surface area contributed by atoms with E-state index in [0.717, 1.165) is 11.1 Å². The molecule has 0 bridgehead atoms. The van der Waals surface area contributed by atoms with Crippen molar-refractivity contribution in [1.29, 1.82) is 0 Å². The first-order chi connectivity index (χ1) is 9.49. The smallest absolute Gasteiger partial charge is 0.320 e. The largest absolute Gasteiger partial charge is 0.480 e. The van der Waals surface area contributed by atoms with Gasteiger partial charge in [0.2, 0.25) is 0 Å². The summed E-state index contributed by atoms with van der Waals surface area (Å²) in [6, 6.07) is 13.3. The molecule has 0 radical (unpaired) electrons. The zero-order valence-corrected chi connectivity index (χ0v) is 11.8. The lowest BCUT2D eigenvalue weighted by molar-refractivity contribution is -0.138. The molecule has 0 fully saturated rings. The highest BCUT2D eigenvalue weighted by molar-refractivity contribution is 5.74. The highest BCUT2D eigenvalue weighted by atomic mass is 16.4. The maximum absolute atomic E-state index is 10.8. The molecular formula is C17H19NO2. The Hall–Kier alpha value is -2.13. The number of rotatable bonds is 4. The summed E-state index contributed by atoms with van der Waals surface area (Å²) in [5, 5.41) is 8.82.